The van der Waals surface area contributed by atoms with Crippen LogP contribution in [0.15, 0.2) is 0 Å². The van der Waals surface area contributed by atoms with Crippen molar-refractivity contribution in [2.45, 2.75) is 105 Å². The number of fused-ring (bicyclic) bond motifs is 1. The lowest BCUT2D eigenvalue weighted by Gasteiger charge is -2.38. The molecular formula is C29H47N5O7. The number of amides is 5. The van der Waals surface area contributed by atoms with Gasteiger partial charge >= 0.3 is 12.0 Å². The van der Waals surface area contributed by atoms with Gasteiger partial charge in [0.15, 0.2) is 0 Å². The highest BCUT2D eigenvalue weighted by Crippen LogP contribution is 2.65. The van der Waals surface area contributed by atoms with Crippen LogP contribution in [-0.4, -0.2) is 77.2 Å². The lowest BCUT2D eigenvalue weighted by molar-refractivity contribution is -0.153. The molecule has 1 saturated heterocycles. The Labute approximate surface area is 242 Å². The third-order valence-corrected chi connectivity index (χ3v) is 8.63. The zero-order valence-corrected chi connectivity index (χ0v) is 25.6. The van der Waals surface area contributed by atoms with E-state index in [1.807, 2.05) is 13.8 Å². The number of likely N-dealkylation sites (tertiary alicyclic amines) is 1. The number of primary amides is 1. The fourth-order valence-electron chi connectivity index (χ4n) is 6.06. The largest absolute Gasteiger partial charge is 0.459 e. The van der Waals surface area contributed by atoms with Gasteiger partial charge in [0.05, 0.1) is 6.04 Å². The Kier molecular flexibility index (Phi) is 9.15. The Morgan fingerprint density at radius 2 is 1.61 bits per heavy atom. The number of piperidine rings is 1. The molecule has 3 fully saturated rings. The topological polar surface area (TPSA) is 177 Å². The van der Waals surface area contributed by atoms with Crippen LogP contribution in [0.4, 0.5) is 4.79 Å². The van der Waals surface area contributed by atoms with Crippen LogP contribution in [0.2, 0.25) is 0 Å². The summed E-state index contributed by atoms with van der Waals surface area (Å²) in [4.78, 5) is 78.3. The van der Waals surface area contributed by atoms with Crippen molar-refractivity contribution < 1.29 is 33.5 Å². The van der Waals surface area contributed by atoms with Crippen LogP contribution in [-0.2, 0) is 28.7 Å². The Balaban J connectivity index is 1.76. The van der Waals surface area contributed by atoms with E-state index in [1.165, 1.54) is 4.90 Å². The Hall–Kier alpha value is -3.18. The van der Waals surface area contributed by atoms with Crippen molar-refractivity contribution in [3.05, 3.63) is 0 Å². The molecule has 12 nitrogen and oxygen atoms in total. The Morgan fingerprint density at radius 3 is 2.10 bits per heavy atom. The molecule has 1 unspecified atom stereocenters. The Bertz CT molecular complexity index is 1090. The molecule has 2 aliphatic carbocycles. The average Bonchev–Trinajstić information content (AvgIpc) is 3.13. The SMILES string of the molecule is CC(C)(C)OC(=O)CNC(=O)N[C@H](C(=O)N1C[C@H]2[C@@H]([C@H]1C(=O)NC(CC1CCC1)C(=O)C(N)=O)C2(C)C)C(C)(C)C. The van der Waals surface area contributed by atoms with Crippen molar-refractivity contribution in [1.29, 1.82) is 0 Å². The van der Waals surface area contributed by atoms with Crippen molar-refractivity contribution in [2.75, 3.05) is 13.1 Å². The third-order valence-electron chi connectivity index (χ3n) is 8.63. The monoisotopic (exact) mass is 577 g/mol. The van der Waals surface area contributed by atoms with Gasteiger partial charge in [-0.15, -0.1) is 0 Å². The molecule has 41 heavy (non-hydrogen) atoms. The smallest absolute Gasteiger partial charge is 0.325 e. The maximum Gasteiger partial charge on any atom is 0.325 e. The lowest BCUT2D eigenvalue weighted by atomic mass is 9.80. The molecule has 12 heteroatoms. The fraction of sp³-hybridized carbons (Fsp3) is 0.793. The van der Waals surface area contributed by atoms with Crippen molar-refractivity contribution in [3.8, 4) is 0 Å². The van der Waals surface area contributed by atoms with Gasteiger partial charge in [0.1, 0.15) is 24.2 Å². The highest BCUT2D eigenvalue weighted by atomic mass is 16.6. The van der Waals surface area contributed by atoms with Gasteiger partial charge in [-0.05, 0) is 55.8 Å². The van der Waals surface area contributed by atoms with Crippen molar-refractivity contribution in [2.24, 2.45) is 34.3 Å². The van der Waals surface area contributed by atoms with E-state index in [1.54, 1.807) is 41.5 Å². The molecule has 0 aromatic rings. The normalized spacial score (nSPS) is 24.7. The first kappa shape index (κ1) is 32.3. The molecule has 3 rings (SSSR count). The number of Topliss-reactive ketones (excluding diaryl/α,β-unsaturated/α-hetero) is 1. The zero-order valence-electron chi connectivity index (χ0n) is 25.6. The summed E-state index contributed by atoms with van der Waals surface area (Å²) in [6.07, 6.45) is 3.19. The minimum absolute atomic E-state index is 0.0701. The maximum atomic E-state index is 14.0. The lowest BCUT2D eigenvalue weighted by Crippen LogP contribution is -2.61. The predicted molar refractivity (Wildman–Crippen MR) is 150 cm³/mol. The van der Waals surface area contributed by atoms with Crippen LogP contribution in [0.25, 0.3) is 0 Å². The van der Waals surface area contributed by atoms with E-state index in [2.05, 4.69) is 16.0 Å². The number of hydrogen-bond acceptors (Lipinski definition) is 7. The molecule has 0 aromatic carbocycles. The average molecular weight is 578 g/mol. The summed E-state index contributed by atoms with van der Waals surface area (Å²) in [6, 6.07) is -3.65. The number of esters is 1. The van der Waals surface area contributed by atoms with Gasteiger partial charge in [0.2, 0.25) is 17.6 Å². The summed E-state index contributed by atoms with van der Waals surface area (Å²) >= 11 is 0. The van der Waals surface area contributed by atoms with Gasteiger partial charge < -0.3 is 31.3 Å². The summed E-state index contributed by atoms with van der Waals surface area (Å²) in [7, 11) is 0. The van der Waals surface area contributed by atoms with Crippen LogP contribution in [0, 0.1) is 28.6 Å². The standard InChI is InChI=1S/C29H47N5O7/c1-27(2,3)22(33-26(40)31-13-18(35)41-28(4,5)6)25(39)34-14-16-19(29(16,7)8)20(34)24(38)32-17(21(36)23(30)37)12-15-10-9-11-15/h15-17,19-20,22H,9-14H2,1-8H3,(H2,30,37)(H,32,38)(H2,31,33,40)/t16-,17?,19-,20-,22+/m0/s1. The number of carbonyl (C=O) groups is 6. The van der Waals surface area contributed by atoms with E-state index in [0.29, 0.717) is 13.0 Å². The van der Waals surface area contributed by atoms with Crippen LogP contribution in [0.3, 0.4) is 0 Å². The molecule has 0 spiro atoms. The van der Waals surface area contributed by atoms with Crippen LogP contribution in [0.5, 0.6) is 0 Å². The number of carbonyl (C=O) groups excluding carboxylic acids is 6. The first-order chi connectivity index (χ1) is 18.7. The van der Waals surface area contributed by atoms with E-state index in [4.69, 9.17) is 10.5 Å². The van der Waals surface area contributed by atoms with Gasteiger partial charge in [0.25, 0.3) is 5.91 Å². The predicted octanol–water partition coefficient (Wildman–Crippen LogP) is 1.25. The zero-order chi connectivity index (χ0) is 31.1. The summed E-state index contributed by atoms with van der Waals surface area (Å²) < 4.78 is 5.21. The second kappa shape index (κ2) is 11.6. The molecule has 0 radical (unpaired) electrons. The first-order valence-corrected chi connectivity index (χ1v) is 14.4. The molecule has 1 heterocycles. The Morgan fingerprint density at radius 1 is 1.00 bits per heavy atom. The van der Waals surface area contributed by atoms with E-state index in [0.717, 1.165) is 19.3 Å². The molecule has 2 saturated carbocycles. The minimum Gasteiger partial charge on any atom is -0.459 e. The molecule has 0 aromatic heterocycles. The van der Waals surface area contributed by atoms with Crippen molar-refractivity contribution in [3.63, 3.8) is 0 Å². The minimum atomic E-state index is -1.10. The quantitative estimate of drug-likeness (QED) is 0.223. The molecule has 5 N–H and O–H groups in total. The van der Waals surface area contributed by atoms with Crippen LogP contribution >= 0.6 is 0 Å². The van der Waals surface area contributed by atoms with Crippen molar-refractivity contribution >= 4 is 35.5 Å². The van der Waals surface area contributed by atoms with Crippen LogP contribution < -0.4 is 21.7 Å². The second-order valence-corrected chi connectivity index (χ2v) is 14.4. The summed E-state index contributed by atoms with van der Waals surface area (Å²) in [5.74, 6) is -3.35. The molecular weight excluding hydrogens is 530 g/mol. The number of nitrogens with zero attached hydrogens (tertiary/aromatic N) is 1. The van der Waals surface area contributed by atoms with Gasteiger partial charge in [-0.1, -0.05) is 53.9 Å². The van der Waals surface area contributed by atoms with Gasteiger partial charge in [-0.3, -0.25) is 24.0 Å². The van der Waals surface area contributed by atoms with Gasteiger partial charge in [-0.25, -0.2) is 4.79 Å². The number of rotatable bonds is 10. The number of hydrogen-bond donors (Lipinski definition) is 4. The van der Waals surface area contributed by atoms with E-state index in [9.17, 15) is 28.8 Å². The number of urea groups is 1. The van der Waals surface area contributed by atoms with E-state index >= 15 is 0 Å². The summed E-state index contributed by atoms with van der Waals surface area (Å²) in [5, 5.41) is 7.88. The molecule has 0 bridgehead atoms. The first-order valence-electron chi connectivity index (χ1n) is 14.4. The fourth-order valence-corrected chi connectivity index (χ4v) is 6.06. The molecule has 1 aliphatic heterocycles. The number of nitrogens with two attached hydrogens (primary N) is 1. The second-order valence-electron chi connectivity index (χ2n) is 14.4. The molecule has 5 atom stereocenters. The highest BCUT2D eigenvalue weighted by Gasteiger charge is 2.70. The van der Waals surface area contributed by atoms with Crippen molar-refractivity contribution in [1.82, 2.24) is 20.9 Å². The van der Waals surface area contributed by atoms with Gasteiger partial charge in [-0.2, -0.15) is 0 Å². The molecule has 230 valence electrons. The summed E-state index contributed by atoms with van der Waals surface area (Å²) in [6.45, 7) is 14.5. The van der Waals surface area contributed by atoms with Crippen LogP contribution in [0.1, 0.15) is 81.1 Å². The maximum absolute atomic E-state index is 14.0. The third kappa shape index (κ3) is 7.56. The molecule has 5 amide bonds. The van der Waals surface area contributed by atoms with E-state index < -0.39 is 64.6 Å². The number of ketones is 1. The summed E-state index contributed by atoms with van der Waals surface area (Å²) in [5.41, 5.74) is 3.65. The van der Waals surface area contributed by atoms with E-state index in [-0.39, 0.29) is 29.7 Å². The molecule has 3 aliphatic rings. The highest BCUT2D eigenvalue weighted by molar-refractivity contribution is 6.37. The van der Waals surface area contributed by atoms with Gasteiger partial charge in [0, 0.05) is 6.54 Å². The number of nitrogens with one attached hydrogen (secondary N) is 3. The number of ether oxygens (including phenoxy) is 1.